The smallest absolute Gasteiger partial charge is 0.407 e. The van der Waals surface area contributed by atoms with Crippen LogP contribution >= 0.6 is 0 Å². The highest BCUT2D eigenvalue weighted by molar-refractivity contribution is 5.76. The zero-order chi connectivity index (χ0) is 41.4. The molecule has 12 heteroatoms. The second-order valence-corrected chi connectivity index (χ2v) is 14.6. The number of carbonyl (C=O) groups is 5. The third-order valence-electron chi connectivity index (χ3n) is 9.08. The highest BCUT2D eigenvalue weighted by atomic mass is 16.6. The fourth-order valence-electron chi connectivity index (χ4n) is 5.79. The number of alkyl carbamates (subject to hydrolysis) is 1. The number of fused-ring (bicyclic) bond motifs is 2. The molecule has 0 saturated heterocycles. The summed E-state index contributed by atoms with van der Waals surface area (Å²) in [6.07, 6.45) is 18.1. The van der Waals surface area contributed by atoms with Gasteiger partial charge in [0.05, 0.1) is 0 Å². The maximum absolute atomic E-state index is 11.9. The first-order valence-electron chi connectivity index (χ1n) is 19.7. The van der Waals surface area contributed by atoms with Crippen LogP contribution in [-0.2, 0) is 31.1 Å². The minimum Gasteiger partial charge on any atom is -0.483 e. The molecular formula is C42H74N4O8. The van der Waals surface area contributed by atoms with Crippen LogP contribution in [0.25, 0.3) is 0 Å². The lowest BCUT2D eigenvalue weighted by atomic mass is 9.61. The highest BCUT2D eigenvalue weighted by Gasteiger charge is 2.45. The molecule has 4 N–H and O–H groups in total. The van der Waals surface area contributed by atoms with Crippen LogP contribution in [0.4, 0.5) is 9.59 Å². The topological polar surface area (TPSA) is 166 Å². The van der Waals surface area contributed by atoms with Crippen molar-refractivity contribution in [2.45, 2.75) is 149 Å². The van der Waals surface area contributed by atoms with E-state index in [-0.39, 0.29) is 23.6 Å². The number of ether oxygens (including phenoxy) is 1. The summed E-state index contributed by atoms with van der Waals surface area (Å²) in [6.45, 7) is 18.4. The zero-order valence-electron chi connectivity index (χ0n) is 34.8. The number of nitrogens with zero attached hydrogens (tertiary/aromatic N) is 2. The molecule has 0 radical (unpaired) electrons. The summed E-state index contributed by atoms with van der Waals surface area (Å²) >= 11 is 0. The summed E-state index contributed by atoms with van der Waals surface area (Å²) < 4.78 is 4.84. The van der Waals surface area contributed by atoms with E-state index in [0.717, 1.165) is 64.0 Å². The lowest BCUT2D eigenvalue weighted by Gasteiger charge is -2.49. The Balaban J connectivity index is 0. The Morgan fingerprint density at radius 1 is 1.02 bits per heavy atom. The molecule has 1 aromatic carbocycles. The number of benzene rings is 1. The Morgan fingerprint density at radius 2 is 1.61 bits per heavy atom. The van der Waals surface area contributed by atoms with Crippen LogP contribution in [0.1, 0.15) is 143 Å². The molecule has 0 aromatic heterocycles. The van der Waals surface area contributed by atoms with Gasteiger partial charge < -0.3 is 35.4 Å². The molecule has 2 saturated carbocycles. The van der Waals surface area contributed by atoms with E-state index < -0.39 is 6.09 Å². The van der Waals surface area contributed by atoms with Crippen LogP contribution in [-0.4, -0.2) is 90.3 Å². The molecule has 1 aromatic rings. The first kappa shape index (κ1) is 52.0. The van der Waals surface area contributed by atoms with Crippen molar-refractivity contribution >= 4 is 31.0 Å². The first-order chi connectivity index (χ1) is 25.7. The Labute approximate surface area is 326 Å². The van der Waals surface area contributed by atoms with Gasteiger partial charge in [0.25, 0.3) is 6.47 Å². The maximum Gasteiger partial charge on any atom is 0.407 e. The largest absolute Gasteiger partial charge is 0.483 e. The second-order valence-electron chi connectivity index (χ2n) is 14.6. The van der Waals surface area contributed by atoms with Gasteiger partial charge in [0.2, 0.25) is 12.3 Å². The Morgan fingerprint density at radius 3 is 2.00 bits per heavy atom. The van der Waals surface area contributed by atoms with Gasteiger partial charge in [0.1, 0.15) is 5.60 Å². The number of hydrogen-bond acceptors (Lipinski definition) is 6. The minimum absolute atomic E-state index is 0.132. The summed E-state index contributed by atoms with van der Waals surface area (Å²) in [5.74, 6) is 1.47. The SMILES string of the molecule is C=CCCCCCCC(=O)N(CC)CCCC.CCC1CC1.CNC(=O)OC(C)(C)C.CNC=O.O=C(O)N1Cc2ccccc2C2(CCC2)C1.O=CO. The van der Waals surface area contributed by atoms with Gasteiger partial charge in [-0.3, -0.25) is 14.4 Å². The molecule has 1 heterocycles. The molecule has 2 aliphatic carbocycles. The van der Waals surface area contributed by atoms with Crippen molar-refractivity contribution < 1.29 is 38.9 Å². The van der Waals surface area contributed by atoms with Gasteiger partial charge in [0.15, 0.2) is 0 Å². The van der Waals surface area contributed by atoms with Gasteiger partial charge in [-0.2, -0.15) is 0 Å². The van der Waals surface area contributed by atoms with Gasteiger partial charge >= 0.3 is 12.2 Å². The molecule has 3 aliphatic rings. The van der Waals surface area contributed by atoms with Gasteiger partial charge in [-0.1, -0.05) is 89.1 Å². The van der Waals surface area contributed by atoms with Crippen LogP contribution in [0, 0.1) is 5.92 Å². The predicted molar refractivity (Wildman–Crippen MR) is 218 cm³/mol. The van der Waals surface area contributed by atoms with Gasteiger partial charge in [-0.25, -0.2) is 9.59 Å². The molecule has 54 heavy (non-hydrogen) atoms. The molecule has 12 nitrogen and oxygen atoms in total. The number of carboxylic acid groups (broad SMARTS) is 2. The fraction of sp³-hybridized carbons (Fsp3) is 0.690. The molecule has 2 fully saturated rings. The van der Waals surface area contributed by atoms with Crippen molar-refractivity contribution in [1.82, 2.24) is 20.4 Å². The lowest BCUT2D eigenvalue weighted by molar-refractivity contribution is -0.131. The lowest BCUT2D eigenvalue weighted by Crippen LogP contribution is -2.51. The van der Waals surface area contributed by atoms with E-state index in [9.17, 15) is 14.4 Å². The third-order valence-corrected chi connectivity index (χ3v) is 9.08. The average molecular weight is 763 g/mol. The number of allylic oxidation sites excluding steroid dienone is 1. The number of carbonyl (C=O) groups excluding carboxylic acids is 3. The molecule has 0 bridgehead atoms. The maximum atomic E-state index is 11.9. The summed E-state index contributed by atoms with van der Waals surface area (Å²) in [7, 11) is 3.10. The first-order valence-corrected chi connectivity index (χ1v) is 19.7. The molecule has 1 spiro atoms. The van der Waals surface area contributed by atoms with E-state index in [4.69, 9.17) is 24.5 Å². The molecule has 4 amide bonds. The van der Waals surface area contributed by atoms with E-state index in [1.807, 2.05) is 37.8 Å². The van der Waals surface area contributed by atoms with Crippen molar-refractivity contribution in [1.29, 1.82) is 0 Å². The normalized spacial score (nSPS) is 14.1. The van der Waals surface area contributed by atoms with Crippen molar-refractivity contribution in [2.75, 3.05) is 33.7 Å². The number of unbranched alkanes of at least 4 members (excludes halogenated alkanes) is 5. The summed E-state index contributed by atoms with van der Waals surface area (Å²) in [5, 5.41) is 20.6. The van der Waals surface area contributed by atoms with Crippen LogP contribution < -0.4 is 10.6 Å². The Kier molecular flexibility index (Phi) is 30.1. The van der Waals surface area contributed by atoms with Crippen LogP contribution in [0.15, 0.2) is 36.9 Å². The monoisotopic (exact) mass is 763 g/mol. The van der Waals surface area contributed by atoms with E-state index in [1.165, 1.54) is 63.1 Å². The standard InChI is InChI=1S/C15H29NO.C13H15NO2.C6H13NO2.C5H10.C2H5NO.CH2O2/c1-4-7-9-10-11-12-13-15(17)16(6-3)14-8-5-2;15-12(16)14-8-10-4-1-2-5-11(10)13(9-14)6-3-7-13;1-6(2,3)9-5(8)7-4;1-2-5-3-4-5;1-3-2-4;2-1-3/h4H,1,5-14H2,2-3H3;1-2,4-5H,3,6-9H2,(H,15,16);1-4H3,(H,7,8);5H,2-4H2,1H3;2H,1H3,(H,3,4);1H,(H,2,3). The van der Waals surface area contributed by atoms with Gasteiger partial charge in [-0.05, 0) is 83.3 Å². The van der Waals surface area contributed by atoms with Gasteiger partial charge in [0, 0.05) is 52.1 Å². The van der Waals surface area contributed by atoms with E-state index >= 15 is 0 Å². The molecule has 0 atom stereocenters. The van der Waals surface area contributed by atoms with E-state index in [1.54, 1.807) is 11.9 Å². The minimum atomic E-state index is -0.791. The quantitative estimate of drug-likeness (QED) is 0.0880. The number of amides is 4. The summed E-state index contributed by atoms with van der Waals surface area (Å²) in [5.41, 5.74) is 2.32. The number of rotatable bonds is 13. The fourth-order valence-corrected chi connectivity index (χ4v) is 5.79. The van der Waals surface area contributed by atoms with E-state index in [0.29, 0.717) is 25.4 Å². The van der Waals surface area contributed by atoms with E-state index in [2.05, 4.69) is 56.2 Å². The molecule has 0 unspecified atom stereocenters. The molecule has 310 valence electrons. The Hall–Kier alpha value is -4.09. The molecular weight excluding hydrogens is 688 g/mol. The summed E-state index contributed by atoms with van der Waals surface area (Å²) in [4.78, 5) is 54.5. The Bertz CT molecular complexity index is 1180. The van der Waals surface area contributed by atoms with Gasteiger partial charge in [-0.15, -0.1) is 6.58 Å². The van der Waals surface area contributed by atoms with Crippen molar-refractivity contribution in [3.63, 3.8) is 0 Å². The van der Waals surface area contributed by atoms with Crippen LogP contribution in [0.2, 0.25) is 0 Å². The highest BCUT2D eigenvalue weighted by Crippen LogP contribution is 2.48. The van der Waals surface area contributed by atoms with Crippen molar-refractivity contribution in [3.05, 3.63) is 48.0 Å². The van der Waals surface area contributed by atoms with Crippen molar-refractivity contribution in [2.24, 2.45) is 5.92 Å². The average Bonchev–Trinajstić information content (AvgIpc) is 3.98. The van der Waals surface area contributed by atoms with Crippen LogP contribution in [0.3, 0.4) is 0 Å². The predicted octanol–water partition coefficient (Wildman–Crippen LogP) is 8.77. The number of hydrogen-bond donors (Lipinski definition) is 4. The summed E-state index contributed by atoms with van der Waals surface area (Å²) in [6, 6.07) is 8.30. The van der Waals surface area contributed by atoms with Crippen LogP contribution in [0.5, 0.6) is 0 Å². The molecule has 1 aliphatic heterocycles. The number of nitrogens with one attached hydrogen (secondary N) is 2. The molecule has 4 rings (SSSR count). The second kappa shape index (κ2) is 31.3. The third kappa shape index (κ3) is 25.0. The van der Waals surface area contributed by atoms with Crippen molar-refractivity contribution in [3.8, 4) is 0 Å². The zero-order valence-corrected chi connectivity index (χ0v) is 34.8.